The maximum Gasteiger partial charge on any atom is 0.488 e. The van der Waals surface area contributed by atoms with Crippen LogP contribution >= 0.6 is 0 Å². The van der Waals surface area contributed by atoms with Gasteiger partial charge in [-0.3, -0.25) is 14.2 Å². The maximum atomic E-state index is 12.5. The van der Waals surface area contributed by atoms with E-state index in [1.165, 1.54) is 0 Å². The molecule has 0 spiro atoms. The molecule has 1 unspecified atom stereocenters. The molecule has 22 heavy (non-hydrogen) atoms. The summed E-state index contributed by atoms with van der Waals surface area (Å²) in [5, 5.41) is 0. The number of nitrogens with two attached hydrogens (primary N) is 2. The number of hydrogen-bond donors (Lipinski definition) is 3. The van der Waals surface area contributed by atoms with E-state index in [9.17, 15) is 18.0 Å². The van der Waals surface area contributed by atoms with Crippen LogP contribution in [0.25, 0.3) is 0 Å². The smallest absolute Gasteiger partial charge is 0.368 e. The zero-order valence-electron chi connectivity index (χ0n) is 11.8. The van der Waals surface area contributed by atoms with Crippen molar-refractivity contribution in [2.75, 3.05) is 19.7 Å². The Hall–Kier alpha value is -1.31. The standard InChI is InChI=1S/C10H18N4O7S/c11-4-1-5-20-14(21-22(17,18)19)7-2-3-8(9(12)15)13(6-7)10(14)16/h7-8H,1-6,11H2,(H2-,12,15,17,18,19)/p+1/t7-,8+,14?/m1/s1. The number of fused-ring (bicyclic) bond motifs is 2. The van der Waals surface area contributed by atoms with Gasteiger partial charge in [-0.2, -0.15) is 18.0 Å². The summed E-state index contributed by atoms with van der Waals surface area (Å²) in [7, 11) is -4.96. The average Bonchev–Trinajstić information content (AvgIpc) is 2.60. The SMILES string of the molecule is NCCCO[N+]1(OS(=O)(=O)O)C(=O)N2C[C@H]1CC[C@H]2C(N)=O. The molecule has 2 fully saturated rings. The van der Waals surface area contributed by atoms with Gasteiger partial charge in [0.1, 0.15) is 12.6 Å². The van der Waals surface area contributed by atoms with Crippen molar-refractivity contribution in [1.29, 1.82) is 0 Å². The summed E-state index contributed by atoms with van der Waals surface area (Å²) >= 11 is 0. The molecule has 0 radical (unpaired) electrons. The first-order valence-electron chi connectivity index (χ1n) is 6.73. The molecule has 0 aromatic heterocycles. The molecule has 2 aliphatic heterocycles. The number of hydrogen-bond acceptors (Lipinski definition) is 7. The van der Waals surface area contributed by atoms with Gasteiger partial charge in [-0.1, -0.05) is 0 Å². The largest absolute Gasteiger partial charge is 0.488 e. The fraction of sp³-hybridized carbons (Fsp3) is 0.800. The van der Waals surface area contributed by atoms with E-state index < -0.39 is 39.2 Å². The minimum Gasteiger partial charge on any atom is -0.368 e. The van der Waals surface area contributed by atoms with E-state index in [1.807, 2.05) is 0 Å². The number of hydroxylamine groups is 4. The Morgan fingerprint density at radius 3 is 2.68 bits per heavy atom. The molecule has 2 rings (SSSR count). The van der Waals surface area contributed by atoms with Gasteiger partial charge in [0, 0.05) is 10.7 Å². The van der Waals surface area contributed by atoms with Gasteiger partial charge in [0.2, 0.25) is 5.91 Å². The summed E-state index contributed by atoms with van der Waals surface area (Å²) in [4.78, 5) is 29.0. The molecule has 2 bridgehead atoms. The fourth-order valence-electron chi connectivity index (χ4n) is 2.77. The molecule has 0 aliphatic carbocycles. The van der Waals surface area contributed by atoms with Crippen LogP contribution in [0.15, 0.2) is 0 Å². The van der Waals surface area contributed by atoms with Crippen molar-refractivity contribution < 1.29 is 36.5 Å². The van der Waals surface area contributed by atoms with Crippen molar-refractivity contribution in [3.63, 3.8) is 0 Å². The monoisotopic (exact) mass is 339 g/mol. The number of piperidine rings is 1. The van der Waals surface area contributed by atoms with Crippen molar-refractivity contribution in [1.82, 2.24) is 4.90 Å². The van der Waals surface area contributed by atoms with Gasteiger partial charge in [0.25, 0.3) is 0 Å². The Bertz CT molecular complexity index is 568. The number of carbonyl (C=O) groups is 2. The Morgan fingerprint density at radius 1 is 1.45 bits per heavy atom. The molecular formula is C10H19N4O7S+. The molecule has 2 heterocycles. The van der Waals surface area contributed by atoms with Gasteiger partial charge >= 0.3 is 16.4 Å². The quantitative estimate of drug-likeness (QED) is 0.280. The zero-order valence-corrected chi connectivity index (χ0v) is 12.6. The maximum absolute atomic E-state index is 12.5. The summed E-state index contributed by atoms with van der Waals surface area (Å²) in [6, 6.07) is -2.43. The van der Waals surface area contributed by atoms with Crippen LogP contribution in [0.2, 0.25) is 0 Å². The Morgan fingerprint density at radius 2 is 2.14 bits per heavy atom. The molecule has 5 N–H and O–H groups in total. The number of amides is 3. The molecule has 126 valence electrons. The number of primary amides is 1. The lowest BCUT2D eigenvalue weighted by atomic mass is 10.0. The Balaban J connectivity index is 2.32. The van der Waals surface area contributed by atoms with Crippen molar-refractivity contribution in [3.05, 3.63) is 0 Å². The predicted molar refractivity (Wildman–Crippen MR) is 70.6 cm³/mol. The van der Waals surface area contributed by atoms with E-state index >= 15 is 0 Å². The van der Waals surface area contributed by atoms with Crippen LogP contribution in [0.1, 0.15) is 19.3 Å². The molecule has 2 aliphatic rings. The molecule has 11 nitrogen and oxygen atoms in total. The lowest BCUT2D eigenvalue weighted by molar-refractivity contribution is -1.18. The third kappa shape index (κ3) is 3.06. The minimum atomic E-state index is -4.96. The van der Waals surface area contributed by atoms with Gasteiger partial charge < -0.3 is 11.5 Å². The van der Waals surface area contributed by atoms with Crippen LogP contribution in [-0.2, 0) is 24.3 Å². The third-order valence-corrected chi connectivity index (χ3v) is 4.12. The summed E-state index contributed by atoms with van der Waals surface area (Å²) in [5.74, 6) is -0.694. The predicted octanol–water partition coefficient (Wildman–Crippen LogP) is -1.73. The molecule has 3 atom stereocenters. The van der Waals surface area contributed by atoms with Crippen LogP contribution < -0.4 is 11.5 Å². The molecule has 2 saturated heterocycles. The van der Waals surface area contributed by atoms with Crippen molar-refractivity contribution in [2.45, 2.75) is 31.3 Å². The van der Waals surface area contributed by atoms with E-state index in [2.05, 4.69) is 4.28 Å². The Kier molecular flexibility index (Phi) is 4.70. The molecule has 0 aromatic rings. The van der Waals surface area contributed by atoms with E-state index in [0.29, 0.717) is 6.42 Å². The zero-order chi connectivity index (χ0) is 16.5. The number of quaternary nitrogens is 1. The van der Waals surface area contributed by atoms with E-state index in [1.54, 1.807) is 0 Å². The topological polar surface area (TPSA) is 162 Å². The van der Waals surface area contributed by atoms with Crippen LogP contribution in [0.5, 0.6) is 0 Å². The van der Waals surface area contributed by atoms with Crippen LogP contribution in [0.4, 0.5) is 4.79 Å². The fourth-order valence-corrected chi connectivity index (χ4v) is 3.28. The van der Waals surface area contributed by atoms with Crippen LogP contribution in [-0.4, -0.2) is 66.4 Å². The molecule has 0 aromatic carbocycles. The van der Waals surface area contributed by atoms with Crippen molar-refractivity contribution in [2.24, 2.45) is 11.5 Å². The van der Waals surface area contributed by atoms with Gasteiger partial charge in [-0.25, -0.2) is 0 Å². The number of urea groups is 1. The summed E-state index contributed by atoms with van der Waals surface area (Å²) in [5.41, 5.74) is 10.6. The third-order valence-electron chi connectivity index (χ3n) is 3.71. The van der Waals surface area contributed by atoms with Gasteiger partial charge in [-0.15, -0.1) is 0 Å². The molecular weight excluding hydrogens is 320 g/mol. The van der Waals surface area contributed by atoms with Crippen molar-refractivity contribution in [3.8, 4) is 0 Å². The van der Waals surface area contributed by atoms with E-state index in [0.717, 1.165) is 4.90 Å². The summed E-state index contributed by atoms with van der Waals surface area (Å²) < 4.78 is 35.8. The first kappa shape index (κ1) is 17.1. The second-order valence-corrected chi connectivity index (χ2v) is 6.16. The molecule has 3 amide bonds. The van der Waals surface area contributed by atoms with Crippen LogP contribution in [0, 0.1) is 0 Å². The first-order chi connectivity index (χ1) is 10.2. The minimum absolute atomic E-state index is 0.0462. The lowest BCUT2D eigenvalue weighted by Crippen LogP contribution is -2.56. The summed E-state index contributed by atoms with van der Waals surface area (Å²) in [6.45, 7) is 0.256. The highest BCUT2D eigenvalue weighted by molar-refractivity contribution is 7.80. The van der Waals surface area contributed by atoms with Gasteiger partial charge in [0.05, 0.1) is 11.4 Å². The van der Waals surface area contributed by atoms with E-state index in [-0.39, 0.29) is 32.5 Å². The number of rotatable bonds is 7. The highest BCUT2D eigenvalue weighted by Crippen LogP contribution is 2.38. The normalized spacial score (nSPS) is 31.5. The lowest BCUT2D eigenvalue weighted by Gasteiger charge is -2.27. The highest BCUT2D eigenvalue weighted by atomic mass is 32.3. The average molecular weight is 339 g/mol. The summed E-state index contributed by atoms with van der Waals surface area (Å²) in [6.07, 6.45) is 0.892. The van der Waals surface area contributed by atoms with Crippen LogP contribution in [0.3, 0.4) is 0 Å². The highest BCUT2D eigenvalue weighted by Gasteiger charge is 2.66. The number of carbonyl (C=O) groups excluding carboxylic acids is 2. The van der Waals surface area contributed by atoms with Crippen molar-refractivity contribution >= 4 is 22.3 Å². The van der Waals surface area contributed by atoms with Gasteiger partial charge in [0.15, 0.2) is 6.04 Å². The van der Waals surface area contributed by atoms with E-state index in [4.69, 9.17) is 20.9 Å². The second kappa shape index (κ2) is 6.06. The molecule has 0 saturated carbocycles. The first-order valence-corrected chi connectivity index (χ1v) is 8.10. The van der Waals surface area contributed by atoms with Gasteiger partial charge in [-0.05, 0) is 19.4 Å². The Labute approximate surface area is 127 Å². The second-order valence-electron chi connectivity index (χ2n) is 5.16. The molecule has 12 heteroatoms. The number of nitrogens with zero attached hydrogens (tertiary/aromatic N) is 2.